The van der Waals surface area contributed by atoms with Crippen LogP contribution in [0.3, 0.4) is 0 Å². The zero-order valence-corrected chi connectivity index (χ0v) is 22.5. The lowest BCUT2D eigenvalue weighted by atomic mass is 9.96. The Morgan fingerprint density at radius 1 is 1.11 bits per heavy atom. The number of nitrogens with zero attached hydrogens (tertiary/aromatic N) is 2. The minimum atomic E-state index is -0.668. The number of allylic oxidation sites excluding steroid dienone is 1. The minimum absolute atomic E-state index is 0.221. The summed E-state index contributed by atoms with van der Waals surface area (Å²) in [4.78, 5) is 31.9. The Hall–Kier alpha value is -3.16. The van der Waals surface area contributed by atoms with Gasteiger partial charge in [-0.1, -0.05) is 61.1 Å². The van der Waals surface area contributed by atoms with Crippen LogP contribution in [0.5, 0.6) is 5.75 Å². The summed E-state index contributed by atoms with van der Waals surface area (Å²) in [6.07, 6.45) is 1.53. The van der Waals surface area contributed by atoms with Crippen LogP contribution < -0.4 is 19.6 Å². The summed E-state index contributed by atoms with van der Waals surface area (Å²) in [5, 5.41) is 0.569. The first-order chi connectivity index (χ1) is 17.1. The predicted octanol–water partition coefficient (Wildman–Crippen LogP) is 4.88. The molecule has 8 heteroatoms. The molecule has 6 nitrogen and oxygen atoms in total. The van der Waals surface area contributed by atoms with Gasteiger partial charge in [-0.3, -0.25) is 9.36 Å². The van der Waals surface area contributed by atoms with Crippen molar-refractivity contribution in [2.75, 3.05) is 6.61 Å². The number of esters is 1. The van der Waals surface area contributed by atoms with E-state index in [0.29, 0.717) is 38.2 Å². The number of carbonyl (C=O) groups is 1. The van der Waals surface area contributed by atoms with Crippen LogP contribution in [0.15, 0.2) is 69.6 Å². The number of hydrogen-bond acceptors (Lipinski definition) is 6. The van der Waals surface area contributed by atoms with Crippen LogP contribution in [0.1, 0.15) is 51.8 Å². The number of rotatable bonds is 7. The fourth-order valence-corrected chi connectivity index (χ4v) is 5.07. The molecule has 1 atom stereocenters. The zero-order valence-electron chi connectivity index (χ0n) is 20.9. The van der Waals surface area contributed by atoms with Crippen LogP contribution in [0.2, 0.25) is 5.02 Å². The molecule has 0 fully saturated rings. The predicted molar refractivity (Wildman–Crippen MR) is 143 cm³/mol. The van der Waals surface area contributed by atoms with Crippen LogP contribution in [0.25, 0.3) is 6.08 Å². The van der Waals surface area contributed by atoms with Crippen molar-refractivity contribution in [3.63, 3.8) is 0 Å². The summed E-state index contributed by atoms with van der Waals surface area (Å²) in [5.74, 6) is 0.734. The second-order valence-electron chi connectivity index (χ2n) is 9.36. The average Bonchev–Trinajstić information content (AvgIpc) is 3.12. The standard InChI is InChI=1S/C28H29ClN2O4S/c1-16(2)15-34-22-12-6-19(7-13-22)14-23-26(32)31-25(20-8-10-21(29)11-9-20)24(27(33)35-17(3)4)18(5)30-28(31)36-23/h6-14,16-17,25H,15H2,1-5H3/b23-14+/t25-/m0/s1. The smallest absolute Gasteiger partial charge is 0.338 e. The number of aromatic nitrogens is 1. The molecular formula is C28H29ClN2O4S. The highest BCUT2D eigenvalue weighted by Gasteiger charge is 2.33. The van der Waals surface area contributed by atoms with E-state index >= 15 is 0 Å². The molecule has 0 bridgehead atoms. The number of carbonyl (C=O) groups excluding carboxylic acids is 1. The molecule has 3 aromatic rings. The normalized spacial score (nSPS) is 15.8. The third-order valence-corrected chi connectivity index (χ3v) is 6.77. The van der Waals surface area contributed by atoms with Gasteiger partial charge in [0, 0.05) is 5.02 Å². The summed E-state index contributed by atoms with van der Waals surface area (Å²) in [6.45, 7) is 10.2. The summed E-state index contributed by atoms with van der Waals surface area (Å²) < 4.78 is 13.4. The third-order valence-electron chi connectivity index (χ3n) is 5.53. The van der Waals surface area contributed by atoms with Crippen LogP contribution in [0, 0.1) is 5.92 Å². The van der Waals surface area contributed by atoms with E-state index in [0.717, 1.165) is 16.9 Å². The highest BCUT2D eigenvalue weighted by atomic mass is 35.5. The van der Waals surface area contributed by atoms with Crippen molar-refractivity contribution in [3.05, 3.63) is 95.6 Å². The SMILES string of the molecule is CC1=C(C(=O)OC(C)C)[C@H](c2ccc(Cl)cc2)n2c(s/c(=C/c3ccc(OCC(C)C)cc3)c2=O)=N1. The topological polar surface area (TPSA) is 69.9 Å². The largest absolute Gasteiger partial charge is 0.493 e. The molecule has 2 heterocycles. The van der Waals surface area contributed by atoms with E-state index in [9.17, 15) is 9.59 Å². The van der Waals surface area contributed by atoms with E-state index in [-0.39, 0.29) is 11.7 Å². The van der Waals surface area contributed by atoms with Crippen molar-refractivity contribution in [1.29, 1.82) is 0 Å². The van der Waals surface area contributed by atoms with Gasteiger partial charge in [-0.15, -0.1) is 0 Å². The van der Waals surface area contributed by atoms with Crippen LogP contribution >= 0.6 is 22.9 Å². The molecule has 0 saturated carbocycles. The quantitative estimate of drug-likeness (QED) is 0.413. The van der Waals surface area contributed by atoms with Crippen LogP contribution in [-0.4, -0.2) is 23.2 Å². The molecule has 1 aliphatic heterocycles. The fraction of sp³-hybridized carbons (Fsp3) is 0.321. The number of hydrogen-bond donors (Lipinski definition) is 0. The van der Waals surface area contributed by atoms with Gasteiger partial charge >= 0.3 is 5.97 Å². The van der Waals surface area contributed by atoms with Gasteiger partial charge in [0.05, 0.1) is 34.6 Å². The first-order valence-corrected chi connectivity index (χ1v) is 13.1. The molecule has 1 aliphatic rings. The Labute approximate surface area is 219 Å². The molecule has 0 spiro atoms. The van der Waals surface area contributed by atoms with Crippen LogP contribution in [0.4, 0.5) is 0 Å². The number of thiazole rings is 1. The maximum absolute atomic E-state index is 13.7. The molecule has 0 amide bonds. The maximum atomic E-state index is 13.7. The number of fused-ring (bicyclic) bond motifs is 1. The van der Waals surface area contributed by atoms with Crippen molar-refractivity contribution in [3.8, 4) is 5.75 Å². The average molecular weight is 525 g/mol. The van der Waals surface area contributed by atoms with E-state index in [1.165, 1.54) is 11.3 Å². The molecule has 1 aromatic heterocycles. The van der Waals surface area contributed by atoms with Gasteiger partial charge in [0.15, 0.2) is 4.80 Å². The van der Waals surface area contributed by atoms with Gasteiger partial charge in [-0.05, 0) is 68.2 Å². The molecule has 0 aliphatic carbocycles. The van der Waals surface area contributed by atoms with Crippen LogP contribution in [-0.2, 0) is 9.53 Å². The molecule has 0 radical (unpaired) electrons. The maximum Gasteiger partial charge on any atom is 0.338 e. The molecule has 4 rings (SSSR count). The molecule has 0 saturated heterocycles. The van der Waals surface area contributed by atoms with E-state index in [2.05, 4.69) is 18.8 Å². The Morgan fingerprint density at radius 3 is 2.39 bits per heavy atom. The van der Waals surface area contributed by atoms with Crippen molar-refractivity contribution in [2.45, 2.75) is 46.8 Å². The Kier molecular flexibility index (Phi) is 7.81. The lowest BCUT2D eigenvalue weighted by molar-refractivity contribution is -0.143. The first-order valence-electron chi connectivity index (χ1n) is 11.9. The van der Waals surface area contributed by atoms with E-state index in [1.54, 1.807) is 37.5 Å². The Morgan fingerprint density at radius 2 is 1.78 bits per heavy atom. The number of benzene rings is 2. The van der Waals surface area contributed by atoms with Crippen molar-refractivity contribution >= 4 is 35.0 Å². The van der Waals surface area contributed by atoms with Gasteiger partial charge in [-0.25, -0.2) is 9.79 Å². The van der Waals surface area contributed by atoms with E-state index < -0.39 is 12.0 Å². The lowest BCUT2D eigenvalue weighted by Crippen LogP contribution is -2.40. The van der Waals surface area contributed by atoms with Crippen molar-refractivity contribution in [1.82, 2.24) is 4.57 Å². The molecule has 188 valence electrons. The summed E-state index contributed by atoms with van der Waals surface area (Å²) in [6, 6.07) is 14.1. The minimum Gasteiger partial charge on any atom is -0.493 e. The fourth-order valence-electron chi connectivity index (χ4n) is 3.90. The molecule has 2 aromatic carbocycles. The molecular weight excluding hydrogens is 496 g/mol. The van der Waals surface area contributed by atoms with Gasteiger partial charge in [0.2, 0.25) is 0 Å². The second kappa shape index (κ2) is 10.8. The molecule has 0 unspecified atom stereocenters. The number of ether oxygens (including phenoxy) is 2. The highest BCUT2D eigenvalue weighted by Crippen LogP contribution is 2.31. The summed E-state index contributed by atoms with van der Waals surface area (Å²) >= 11 is 7.41. The van der Waals surface area contributed by atoms with Gasteiger partial charge in [0.1, 0.15) is 5.75 Å². The lowest BCUT2D eigenvalue weighted by Gasteiger charge is -2.25. The molecule has 36 heavy (non-hydrogen) atoms. The zero-order chi connectivity index (χ0) is 26.0. The van der Waals surface area contributed by atoms with Crippen molar-refractivity contribution < 1.29 is 14.3 Å². The number of halogens is 1. The summed E-state index contributed by atoms with van der Waals surface area (Å²) in [7, 11) is 0. The van der Waals surface area contributed by atoms with E-state index in [1.807, 2.05) is 42.5 Å². The second-order valence-corrected chi connectivity index (χ2v) is 10.8. The first kappa shape index (κ1) is 25.9. The van der Waals surface area contributed by atoms with E-state index in [4.69, 9.17) is 21.1 Å². The van der Waals surface area contributed by atoms with Crippen molar-refractivity contribution in [2.24, 2.45) is 10.9 Å². The highest BCUT2D eigenvalue weighted by molar-refractivity contribution is 7.07. The summed E-state index contributed by atoms with van der Waals surface area (Å²) in [5.41, 5.74) is 2.27. The Balaban J connectivity index is 1.80. The third kappa shape index (κ3) is 5.63. The molecule has 0 N–H and O–H groups in total. The van der Waals surface area contributed by atoms with Gasteiger partial charge in [-0.2, -0.15) is 0 Å². The van der Waals surface area contributed by atoms with Gasteiger partial charge in [0.25, 0.3) is 5.56 Å². The Bertz CT molecular complexity index is 1470. The monoisotopic (exact) mass is 524 g/mol. The van der Waals surface area contributed by atoms with Gasteiger partial charge < -0.3 is 9.47 Å².